The molecule has 1 aromatic heterocycles. The molecule has 156 valence electrons. The van der Waals surface area contributed by atoms with E-state index in [1.165, 1.54) is 11.0 Å². The number of fused-ring (bicyclic) bond motifs is 1. The molecule has 0 fully saturated rings. The lowest BCUT2D eigenvalue weighted by molar-refractivity contribution is 0.256. The smallest absolute Gasteiger partial charge is 0.326 e. The molecule has 1 aliphatic rings. The minimum absolute atomic E-state index is 0.121. The molecule has 0 aliphatic carbocycles. The van der Waals surface area contributed by atoms with Crippen LogP contribution in [0.4, 0.5) is 20.6 Å². The number of nitrogens with zero attached hydrogens (tertiary/aromatic N) is 4. The number of hydrogen-bond donors (Lipinski definition) is 1. The number of para-hydroxylation sites is 1. The predicted molar refractivity (Wildman–Crippen MR) is 112 cm³/mol. The van der Waals surface area contributed by atoms with E-state index in [1.807, 2.05) is 0 Å². The predicted octanol–water partition coefficient (Wildman–Crippen LogP) is 4.39. The number of carbonyl (C=O) groups is 1. The molecule has 1 N–H and O–H groups in total. The van der Waals surface area contributed by atoms with Crippen molar-refractivity contribution >= 4 is 17.4 Å². The Morgan fingerprint density at radius 1 is 1.13 bits per heavy atom. The van der Waals surface area contributed by atoms with Gasteiger partial charge in [0.05, 0.1) is 19.3 Å². The van der Waals surface area contributed by atoms with Crippen LogP contribution in [-0.2, 0) is 19.5 Å². The first-order chi connectivity index (χ1) is 14.7. The van der Waals surface area contributed by atoms with Crippen LogP contribution >= 0.6 is 0 Å². The summed E-state index contributed by atoms with van der Waals surface area (Å²) in [5.41, 5.74) is 0.775. The normalized spacial score (nSPS) is 13.3. The molecular formula is C22H24FN5O2. The number of aromatic nitrogens is 3. The second-order valence-corrected chi connectivity index (χ2v) is 7.19. The van der Waals surface area contributed by atoms with Gasteiger partial charge in [0.25, 0.3) is 0 Å². The van der Waals surface area contributed by atoms with E-state index in [9.17, 15) is 9.18 Å². The number of methoxy groups -OCH3 is 1. The highest BCUT2D eigenvalue weighted by atomic mass is 19.1. The molecule has 4 rings (SSSR count). The molecule has 0 unspecified atom stereocenters. The minimum Gasteiger partial charge on any atom is -0.497 e. The lowest BCUT2D eigenvalue weighted by Gasteiger charge is -2.23. The topological polar surface area (TPSA) is 72.3 Å². The van der Waals surface area contributed by atoms with Crippen LogP contribution in [0.1, 0.15) is 30.9 Å². The molecule has 30 heavy (non-hydrogen) atoms. The van der Waals surface area contributed by atoms with Gasteiger partial charge in [0.2, 0.25) is 0 Å². The molecule has 2 aromatic carbocycles. The molecule has 8 heteroatoms. The van der Waals surface area contributed by atoms with Crippen molar-refractivity contribution in [1.82, 2.24) is 14.8 Å². The summed E-state index contributed by atoms with van der Waals surface area (Å²) >= 11 is 0. The van der Waals surface area contributed by atoms with Crippen molar-refractivity contribution in [3.8, 4) is 5.75 Å². The summed E-state index contributed by atoms with van der Waals surface area (Å²) in [6.07, 6.45) is 4.12. The van der Waals surface area contributed by atoms with E-state index in [4.69, 9.17) is 4.74 Å². The fourth-order valence-electron chi connectivity index (χ4n) is 3.61. The number of aryl methyl sites for hydroxylation is 1. The average molecular weight is 409 g/mol. The average Bonchev–Trinajstić information content (AvgIpc) is 2.98. The molecule has 0 saturated carbocycles. The lowest BCUT2D eigenvalue weighted by Crippen LogP contribution is -2.36. The Kier molecular flexibility index (Phi) is 5.92. The summed E-state index contributed by atoms with van der Waals surface area (Å²) in [5, 5.41) is 11.4. The third-order valence-electron chi connectivity index (χ3n) is 5.22. The summed E-state index contributed by atoms with van der Waals surface area (Å²) in [6, 6.07) is 12.8. The Labute approximate surface area is 174 Å². The van der Waals surface area contributed by atoms with E-state index >= 15 is 0 Å². The minimum atomic E-state index is -0.474. The van der Waals surface area contributed by atoms with Crippen molar-refractivity contribution in [2.45, 2.75) is 38.8 Å². The number of amides is 2. The van der Waals surface area contributed by atoms with Crippen LogP contribution in [0.2, 0.25) is 0 Å². The monoisotopic (exact) mass is 409 g/mol. The quantitative estimate of drug-likeness (QED) is 0.678. The third-order valence-corrected chi connectivity index (χ3v) is 5.22. The van der Waals surface area contributed by atoms with E-state index in [0.29, 0.717) is 17.3 Å². The maximum absolute atomic E-state index is 14.6. The third kappa shape index (κ3) is 4.27. The summed E-state index contributed by atoms with van der Waals surface area (Å²) in [4.78, 5) is 14.5. The van der Waals surface area contributed by atoms with Crippen LogP contribution in [0.3, 0.4) is 0 Å². The molecule has 0 atom stereocenters. The van der Waals surface area contributed by atoms with Crippen molar-refractivity contribution in [3.63, 3.8) is 0 Å². The van der Waals surface area contributed by atoms with Crippen LogP contribution in [-0.4, -0.2) is 27.9 Å². The molecule has 2 heterocycles. The number of halogens is 1. The second kappa shape index (κ2) is 8.94. The van der Waals surface area contributed by atoms with Gasteiger partial charge < -0.3 is 14.6 Å². The molecule has 1 aliphatic heterocycles. The molecule has 0 spiro atoms. The summed E-state index contributed by atoms with van der Waals surface area (Å²) in [5.74, 6) is 1.79. The van der Waals surface area contributed by atoms with Crippen LogP contribution < -0.4 is 15.0 Å². The van der Waals surface area contributed by atoms with Crippen LogP contribution in [0, 0.1) is 5.82 Å². The zero-order valence-corrected chi connectivity index (χ0v) is 16.8. The number of hydrogen-bond acceptors (Lipinski definition) is 4. The number of rotatable bonds is 5. The Hall–Kier alpha value is -3.42. The Morgan fingerprint density at radius 2 is 1.93 bits per heavy atom. The van der Waals surface area contributed by atoms with Gasteiger partial charge in [-0.25, -0.2) is 9.18 Å². The summed E-state index contributed by atoms with van der Waals surface area (Å²) < 4.78 is 21.8. The van der Waals surface area contributed by atoms with Crippen molar-refractivity contribution in [2.75, 3.05) is 17.3 Å². The zero-order chi connectivity index (χ0) is 20.9. The van der Waals surface area contributed by atoms with Gasteiger partial charge in [0.15, 0.2) is 5.82 Å². The van der Waals surface area contributed by atoms with Crippen LogP contribution in [0.5, 0.6) is 5.75 Å². The van der Waals surface area contributed by atoms with Crippen molar-refractivity contribution < 1.29 is 13.9 Å². The van der Waals surface area contributed by atoms with E-state index in [0.717, 1.165) is 38.1 Å². The summed E-state index contributed by atoms with van der Waals surface area (Å²) in [7, 11) is 1.58. The standard InChI is InChI=1S/C22H24FN5O2/c1-30-17-12-10-16(11-13-17)24-22(29)28(19-8-5-4-7-18(19)23)15-21-26-25-20-9-3-2-6-14-27(20)21/h4-5,7-8,10-13H,2-3,6,9,14-15H2,1H3,(H,24,29). The number of anilines is 2. The molecule has 7 nitrogen and oxygen atoms in total. The lowest BCUT2D eigenvalue weighted by atomic mass is 10.2. The van der Waals surface area contributed by atoms with Gasteiger partial charge in [-0.3, -0.25) is 4.90 Å². The first-order valence-corrected chi connectivity index (χ1v) is 10.0. The van der Waals surface area contributed by atoms with E-state index in [1.54, 1.807) is 49.6 Å². The van der Waals surface area contributed by atoms with Gasteiger partial charge >= 0.3 is 6.03 Å². The molecule has 2 amide bonds. The molecule has 0 bridgehead atoms. The van der Waals surface area contributed by atoms with Gasteiger partial charge in [-0.05, 0) is 49.2 Å². The number of urea groups is 1. The highest BCUT2D eigenvalue weighted by molar-refractivity contribution is 6.01. The van der Waals surface area contributed by atoms with Gasteiger partial charge in [0.1, 0.15) is 17.4 Å². The Bertz CT molecular complexity index is 1020. The Morgan fingerprint density at radius 3 is 2.70 bits per heavy atom. The van der Waals surface area contributed by atoms with Gasteiger partial charge in [0, 0.05) is 18.7 Å². The molecule has 0 saturated heterocycles. The van der Waals surface area contributed by atoms with Crippen LogP contribution in [0.15, 0.2) is 48.5 Å². The summed E-state index contributed by atoms with van der Waals surface area (Å²) in [6.45, 7) is 0.929. The van der Waals surface area contributed by atoms with Crippen molar-refractivity contribution in [1.29, 1.82) is 0 Å². The molecule has 3 aromatic rings. The SMILES string of the molecule is COc1ccc(NC(=O)N(Cc2nnc3n2CCCCC3)c2ccccc2F)cc1. The fourth-order valence-corrected chi connectivity index (χ4v) is 3.61. The van der Waals surface area contributed by atoms with Crippen LogP contribution in [0.25, 0.3) is 0 Å². The fraction of sp³-hybridized carbons (Fsp3) is 0.318. The van der Waals surface area contributed by atoms with E-state index in [-0.39, 0.29) is 12.2 Å². The van der Waals surface area contributed by atoms with E-state index < -0.39 is 11.8 Å². The van der Waals surface area contributed by atoms with Crippen molar-refractivity contribution in [2.24, 2.45) is 0 Å². The highest BCUT2D eigenvalue weighted by Crippen LogP contribution is 2.24. The van der Waals surface area contributed by atoms with Gasteiger partial charge in [-0.15, -0.1) is 10.2 Å². The molecular weight excluding hydrogens is 385 g/mol. The maximum atomic E-state index is 14.6. The highest BCUT2D eigenvalue weighted by Gasteiger charge is 2.24. The second-order valence-electron chi connectivity index (χ2n) is 7.19. The number of benzene rings is 2. The maximum Gasteiger partial charge on any atom is 0.326 e. The number of ether oxygens (including phenoxy) is 1. The Balaban J connectivity index is 1.62. The zero-order valence-electron chi connectivity index (χ0n) is 16.8. The van der Waals surface area contributed by atoms with Crippen molar-refractivity contribution in [3.05, 3.63) is 66.0 Å². The van der Waals surface area contributed by atoms with Gasteiger partial charge in [-0.1, -0.05) is 18.6 Å². The number of carbonyl (C=O) groups excluding carboxylic acids is 1. The first-order valence-electron chi connectivity index (χ1n) is 10.0. The molecule has 0 radical (unpaired) electrons. The largest absolute Gasteiger partial charge is 0.497 e. The number of nitrogens with one attached hydrogen (secondary N) is 1. The van der Waals surface area contributed by atoms with E-state index in [2.05, 4.69) is 20.1 Å². The van der Waals surface area contributed by atoms with Gasteiger partial charge in [-0.2, -0.15) is 0 Å². The first kappa shape index (κ1) is 19.9.